The minimum atomic E-state index is -0.484. The molecule has 1 aliphatic carbocycles. The second-order valence-corrected chi connectivity index (χ2v) is 11.4. The number of hydrogen-bond acceptors (Lipinski definition) is 5. The molecule has 0 radical (unpaired) electrons. The first kappa shape index (κ1) is 21.1. The minimum absolute atomic E-state index is 0.0951. The van der Waals surface area contributed by atoms with Crippen LogP contribution >= 0.6 is 11.3 Å². The Morgan fingerprint density at radius 1 is 1.09 bits per heavy atom. The summed E-state index contributed by atoms with van der Waals surface area (Å²) in [4.78, 5) is 32.6. The van der Waals surface area contributed by atoms with Crippen LogP contribution in [0, 0.1) is 10.8 Å². The molecule has 2 aromatic carbocycles. The van der Waals surface area contributed by atoms with Crippen LogP contribution in [0.15, 0.2) is 48.5 Å². The summed E-state index contributed by atoms with van der Waals surface area (Å²) >= 11 is 1.54. The molecule has 0 N–H and O–H groups in total. The van der Waals surface area contributed by atoms with Crippen LogP contribution in [0.3, 0.4) is 0 Å². The van der Waals surface area contributed by atoms with Crippen molar-refractivity contribution in [1.29, 1.82) is 0 Å². The van der Waals surface area contributed by atoms with Crippen molar-refractivity contribution in [3.63, 3.8) is 0 Å². The molecule has 6 heteroatoms. The molecule has 1 saturated carbocycles. The van der Waals surface area contributed by atoms with Gasteiger partial charge in [-0.15, -0.1) is 11.3 Å². The Labute approximate surface area is 192 Å². The number of thiazole rings is 1. The fourth-order valence-electron chi connectivity index (χ4n) is 5.87. The molecule has 3 aromatic rings. The molecule has 1 saturated heterocycles. The van der Waals surface area contributed by atoms with E-state index >= 15 is 0 Å². The molecule has 2 bridgehead atoms. The predicted molar refractivity (Wildman–Crippen MR) is 127 cm³/mol. The third-order valence-electron chi connectivity index (χ3n) is 6.73. The van der Waals surface area contributed by atoms with Gasteiger partial charge in [-0.3, -0.25) is 4.79 Å². The zero-order valence-electron chi connectivity index (χ0n) is 18.8. The molecule has 2 atom stereocenters. The van der Waals surface area contributed by atoms with E-state index in [2.05, 4.69) is 25.8 Å². The van der Waals surface area contributed by atoms with Crippen LogP contribution in [-0.4, -0.2) is 41.0 Å². The van der Waals surface area contributed by atoms with Crippen LogP contribution in [0.2, 0.25) is 0 Å². The normalized spacial score (nSPS) is 24.0. The van der Waals surface area contributed by atoms with Crippen LogP contribution in [-0.2, 0) is 9.53 Å². The maximum Gasteiger partial charge on any atom is 0.339 e. The summed E-state index contributed by atoms with van der Waals surface area (Å²) in [6, 6.07) is 15.5. The van der Waals surface area contributed by atoms with Gasteiger partial charge in [-0.2, -0.15) is 0 Å². The van der Waals surface area contributed by atoms with Gasteiger partial charge in [0.15, 0.2) is 6.61 Å². The zero-order chi connectivity index (χ0) is 22.5. The molecule has 0 spiro atoms. The lowest BCUT2D eigenvalue weighted by Gasteiger charge is -2.39. The van der Waals surface area contributed by atoms with Crippen LogP contribution < -0.4 is 0 Å². The summed E-state index contributed by atoms with van der Waals surface area (Å²) < 4.78 is 6.59. The van der Waals surface area contributed by atoms with E-state index in [-0.39, 0.29) is 29.4 Å². The number of esters is 1. The fourth-order valence-corrected chi connectivity index (χ4v) is 6.88. The van der Waals surface area contributed by atoms with E-state index in [0.29, 0.717) is 5.56 Å². The highest BCUT2D eigenvalue weighted by Crippen LogP contribution is 2.52. The quantitative estimate of drug-likeness (QED) is 0.491. The smallest absolute Gasteiger partial charge is 0.339 e. The summed E-state index contributed by atoms with van der Waals surface area (Å²) in [6.45, 7) is 7.36. The number of amides is 1. The Balaban J connectivity index is 1.31. The highest BCUT2D eigenvalue weighted by molar-refractivity contribution is 7.21. The van der Waals surface area contributed by atoms with E-state index in [0.717, 1.165) is 46.6 Å². The third-order valence-corrected chi connectivity index (χ3v) is 7.80. The highest BCUT2D eigenvalue weighted by Gasteiger charge is 2.50. The minimum Gasteiger partial charge on any atom is -0.452 e. The van der Waals surface area contributed by atoms with Gasteiger partial charge in [-0.25, -0.2) is 9.78 Å². The lowest BCUT2D eigenvalue weighted by atomic mass is 9.65. The van der Waals surface area contributed by atoms with Gasteiger partial charge in [0.2, 0.25) is 0 Å². The lowest BCUT2D eigenvalue weighted by Crippen LogP contribution is -2.39. The molecule has 5 nitrogen and oxygen atoms in total. The summed E-state index contributed by atoms with van der Waals surface area (Å²) in [6.07, 6.45) is 3.16. The van der Waals surface area contributed by atoms with Crippen LogP contribution in [0.5, 0.6) is 0 Å². The van der Waals surface area contributed by atoms with Crippen molar-refractivity contribution in [2.45, 2.75) is 46.1 Å². The average Bonchev–Trinajstić information content (AvgIpc) is 3.29. The standard InChI is InChI=1S/C26H28N2O3S/c1-25(2)12-17-13-26(3,15-25)16-28(17)22(29)14-31-24(30)19-9-5-4-8-18(19)23-27-20-10-6-7-11-21(20)32-23/h4-11,17H,12-16H2,1-3H3/t17-,26-/m1/s1. The van der Waals surface area contributed by atoms with Gasteiger partial charge in [-0.1, -0.05) is 51.1 Å². The second-order valence-electron chi connectivity index (χ2n) is 10.3. The first-order valence-electron chi connectivity index (χ1n) is 11.1. The maximum atomic E-state index is 13.0. The van der Waals surface area contributed by atoms with Crippen molar-refractivity contribution in [3.05, 3.63) is 54.1 Å². The Kier molecular flexibility index (Phi) is 5.08. The van der Waals surface area contributed by atoms with Crippen molar-refractivity contribution in [2.75, 3.05) is 13.2 Å². The van der Waals surface area contributed by atoms with Crippen LogP contribution in [0.25, 0.3) is 20.8 Å². The van der Waals surface area contributed by atoms with Gasteiger partial charge < -0.3 is 9.64 Å². The molecule has 2 heterocycles. The van der Waals surface area contributed by atoms with Crippen molar-refractivity contribution in [2.24, 2.45) is 10.8 Å². The van der Waals surface area contributed by atoms with E-state index in [1.165, 1.54) is 0 Å². The predicted octanol–water partition coefficient (Wildman–Crippen LogP) is 5.55. The number of rotatable bonds is 4. The molecular formula is C26H28N2O3S. The van der Waals surface area contributed by atoms with E-state index in [9.17, 15) is 9.59 Å². The average molecular weight is 449 g/mol. The Morgan fingerprint density at radius 3 is 2.66 bits per heavy atom. The maximum absolute atomic E-state index is 13.0. The van der Waals surface area contributed by atoms with Crippen molar-refractivity contribution in [3.8, 4) is 10.6 Å². The number of hydrogen-bond donors (Lipinski definition) is 0. The van der Waals surface area contributed by atoms with E-state index in [1.807, 2.05) is 47.4 Å². The number of benzene rings is 2. The Hall–Kier alpha value is -2.73. The number of nitrogens with zero attached hydrogens (tertiary/aromatic N) is 2. The number of aromatic nitrogens is 1. The first-order chi connectivity index (χ1) is 15.2. The van der Waals surface area contributed by atoms with E-state index in [4.69, 9.17) is 4.74 Å². The van der Waals surface area contributed by atoms with Crippen LogP contribution in [0.1, 0.15) is 50.4 Å². The molecule has 32 heavy (non-hydrogen) atoms. The molecule has 0 unspecified atom stereocenters. The van der Waals surface area contributed by atoms with Crippen LogP contribution in [0.4, 0.5) is 0 Å². The largest absolute Gasteiger partial charge is 0.452 e. The van der Waals surface area contributed by atoms with E-state index < -0.39 is 5.97 Å². The van der Waals surface area contributed by atoms with Gasteiger partial charge in [0.05, 0.1) is 15.8 Å². The Bertz CT molecular complexity index is 1170. The number of fused-ring (bicyclic) bond motifs is 3. The molecule has 1 aromatic heterocycles. The molecule has 5 rings (SSSR count). The number of carbonyl (C=O) groups excluding carboxylic acids is 2. The fraction of sp³-hybridized carbons (Fsp3) is 0.423. The second kappa shape index (κ2) is 7.69. The van der Waals surface area contributed by atoms with Crippen molar-refractivity contribution >= 4 is 33.4 Å². The zero-order valence-corrected chi connectivity index (χ0v) is 19.6. The Morgan fingerprint density at radius 2 is 1.84 bits per heavy atom. The third kappa shape index (κ3) is 3.92. The summed E-state index contributed by atoms with van der Waals surface area (Å²) in [5, 5.41) is 0.772. The molecule has 2 aliphatic rings. The topological polar surface area (TPSA) is 59.5 Å². The molecule has 1 aliphatic heterocycles. The van der Waals surface area contributed by atoms with Crippen molar-refractivity contribution in [1.82, 2.24) is 9.88 Å². The van der Waals surface area contributed by atoms with Gasteiger partial charge in [0.25, 0.3) is 5.91 Å². The molecule has 1 amide bonds. The number of carbonyl (C=O) groups is 2. The SMILES string of the molecule is CC1(C)C[C@@H]2C[C@@](C)(CN2C(=O)COC(=O)c2ccccc2-c2nc3ccccc3s2)C1. The molecular weight excluding hydrogens is 420 g/mol. The summed E-state index contributed by atoms with van der Waals surface area (Å²) in [5.74, 6) is -0.579. The number of likely N-dealkylation sites (tertiary alicyclic amines) is 1. The monoisotopic (exact) mass is 448 g/mol. The van der Waals surface area contributed by atoms with Crippen molar-refractivity contribution < 1.29 is 14.3 Å². The number of ether oxygens (including phenoxy) is 1. The summed E-state index contributed by atoms with van der Waals surface area (Å²) in [7, 11) is 0. The highest BCUT2D eigenvalue weighted by atomic mass is 32.1. The van der Waals surface area contributed by atoms with Gasteiger partial charge in [0, 0.05) is 18.2 Å². The number of para-hydroxylation sites is 1. The molecule has 166 valence electrons. The van der Waals surface area contributed by atoms with Gasteiger partial charge in [0.1, 0.15) is 5.01 Å². The van der Waals surface area contributed by atoms with E-state index in [1.54, 1.807) is 17.4 Å². The van der Waals surface area contributed by atoms with Gasteiger partial charge in [-0.05, 0) is 48.3 Å². The first-order valence-corrected chi connectivity index (χ1v) is 12.0. The van der Waals surface area contributed by atoms with Gasteiger partial charge >= 0.3 is 5.97 Å². The summed E-state index contributed by atoms with van der Waals surface area (Å²) in [5.41, 5.74) is 2.47. The molecule has 2 fully saturated rings. The lowest BCUT2D eigenvalue weighted by molar-refractivity contribution is -0.135.